The monoisotopic (exact) mass is 173 g/mol. The van der Waals surface area contributed by atoms with Crippen LogP contribution < -0.4 is 5.32 Å². The molecule has 0 bridgehead atoms. The lowest BCUT2D eigenvalue weighted by Crippen LogP contribution is -2.40. The number of aliphatic hydroxyl groups excluding tert-OH is 1. The van der Waals surface area contributed by atoms with Crippen molar-refractivity contribution in [2.45, 2.75) is 52.2 Å². The van der Waals surface area contributed by atoms with Crippen molar-refractivity contribution >= 4 is 5.91 Å². The first-order chi connectivity index (χ1) is 5.31. The average molecular weight is 173 g/mol. The van der Waals surface area contributed by atoms with Gasteiger partial charge in [0.15, 0.2) is 0 Å². The SMILES string of the molecule is CC(O)CCC(=O)NC(C)(C)C. The van der Waals surface area contributed by atoms with Crippen LogP contribution in [0.3, 0.4) is 0 Å². The molecule has 72 valence electrons. The lowest BCUT2D eigenvalue weighted by molar-refractivity contribution is -0.123. The quantitative estimate of drug-likeness (QED) is 0.670. The summed E-state index contributed by atoms with van der Waals surface area (Å²) in [6.07, 6.45) is 0.535. The van der Waals surface area contributed by atoms with Crippen LogP contribution in [0.5, 0.6) is 0 Å². The van der Waals surface area contributed by atoms with Crippen molar-refractivity contribution in [3.8, 4) is 0 Å². The molecule has 0 aromatic carbocycles. The second kappa shape index (κ2) is 4.45. The molecular formula is C9H19NO2. The van der Waals surface area contributed by atoms with Crippen LogP contribution in [-0.4, -0.2) is 22.7 Å². The van der Waals surface area contributed by atoms with E-state index in [1.165, 1.54) is 0 Å². The molecule has 0 aliphatic heterocycles. The van der Waals surface area contributed by atoms with Crippen LogP contribution in [0, 0.1) is 0 Å². The molecule has 1 unspecified atom stereocenters. The van der Waals surface area contributed by atoms with E-state index in [0.29, 0.717) is 12.8 Å². The predicted octanol–water partition coefficient (Wildman–Crippen LogP) is 1.06. The van der Waals surface area contributed by atoms with Crippen molar-refractivity contribution in [2.75, 3.05) is 0 Å². The highest BCUT2D eigenvalue weighted by Gasteiger charge is 2.13. The zero-order valence-corrected chi connectivity index (χ0v) is 8.35. The topological polar surface area (TPSA) is 49.3 Å². The number of rotatable bonds is 3. The van der Waals surface area contributed by atoms with Crippen LogP contribution in [0.25, 0.3) is 0 Å². The number of carbonyl (C=O) groups excluding carboxylic acids is 1. The second-order valence-electron chi connectivity index (χ2n) is 4.19. The lowest BCUT2D eigenvalue weighted by atomic mass is 10.1. The molecule has 1 amide bonds. The van der Waals surface area contributed by atoms with Gasteiger partial charge in [-0.1, -0.05) is 0 Å². The maximum Gasteiger partial charge on any atom is 0.220 e. The number of nitrogens with one attached hydrogen (secondary N) is 1. The molecule has 0 rings (SSSR count). The molecule has 0 saturated carbocycles. The third kappa shape index (κ3) is 7.54. The zero-order chi connectivity index (χ0) is 9.78. The summed E-state index contributed by atoms with van der Waals surface area (Å²) >= 11 is 0. The van der Waals surface area contributed by atoms with Crippen molar-refractivity contribution in [3.05, 3.63) is 0 Å². The summed E-state index contributed by atoms with van der Waals surface area (Å²) in [5.74, 6) is 0.00315. The zero-order valence-electron chi connectivity index (χ0n) is 8.35. The van der Waals surface area contributed by atoms with E-state index >= 15 is 0 Å². The molecule has 0 heterocycles. The van der Waals surface area contributed by atoms with Gasteiger partial charge in [-0.2, -0.15) is 0 Å². The van der Waals surface area contributed by atoms with Crippen LogP contribution in [0.4, 0.5) is 0 Å². The Bertz CT molecular complexity index is 147. The predicted molar refractivity (Wildman–Crippen MR) is 48.8 cm³/mol. The Morgan fingerprint density at radius 2 is 2.00 bits per heavy atom. The fourth-order valence-corrected chi connectivity index (χ4v) is 0.821. The minimum Gasteiger partial charge on any atom is -0.393 e. The van der Waals surface area contributed by atoms with E-state index in [2.05, 4.69) is 5.32 Å². The Hall–Kier alpha value is -0.570. The molecule has 12 heavy (non-hydrogen) atoms. The summed E-state index contributed by atoms with van der Waals surface area (Å²) in [6.45, 7) is 7.50. The highest BCUT2D eigenvalue weighted by molar-refractivity contribution is 5.76. The maximum absolute atomic E-state index is 11.1. The van der Waals surface area contributed by atoms with Crippen LogP contribution in [0.2, 0.25) is 0 Å². The Kier molecular flexibility index (Phi) is 4.24. The van der Waals surface area contributed by atoms with E-state index in [1.54, 1.807) is 6.92 Å². The van der Waals surface area contributed by atoms with Crippen molar-refractivity contribution in [3.63, 3.8) is 0 Å². The standard InChI is InChI=1S/C9H19NO2/c1-7(11)5-6-8(12)10-9(2,3)4/h7,11H,5-6H2,1-4H3,(H,10,12). The van der Waals surface area contributed by atoms with Crippen molar-refractivity contribution in [2.24, 2.45) is 0 Å². The molecule has 0 aromatic rings. The minimum atomic E-state index is -0.393. The van der Waals surface area contributed by atoms with Gasteiger partial charge in [-0.05, 0) is 34.1 Å². The smallest absolute Gasteiger partial charge is 0.220 e. The van der Waals surface area contributed by atoms with Gasteiger partial charge in [-0.3, -0.25) is 4.79 Å². The number of hydrogen-bond acceptors (Lipinski definition) is 2. The van der Waals surface area contributed by atoms with Crippen LogP contribution >= 0.6 is 0 Å². The van der Waals surface area contributed by atoms with E-state index in [-0.39, 0.29) is 11.4 Å². The summed E-state index contributed by atoms with van der Waals surface area (Å²) in [5, 5.41) is 11.7. The Labute approximate surface area is 74.2 Å². The fraction of sp³-hybridized carbons (Fsp3) is 0.889. The van der Waals surface area contributed by atoms with Crippen molar-refractivity contribution in [1.82, 2.24) is 5.32 Å². The number of aliphatic hydroxyl groups is 1. The fourth-order valence-electron chi connectivity index (χ4n) is 0.821. The molecule has 0 fully saturated rings. The number of amides is 1. The summed E-state index contributed by atoms with van der Waals surface area (Å²) in [4.78, 5) is 11.1. The summed E-state index contributed by atoms with van der Waals surface area (Å²) in [5.41, 5.74) is -0.171. The van der Waals surface area contributed by atoms with E-state index in [1.807, 2.05) is 20.8 Å². The third-order valence-corrected chi connectivity index (χ3v) is 1.30. The van der Waals surface area contributed by atoms with Gasteiger partial charge in [0.05, 0.1) is 6.10 Å². The first-order valence-corrected chi connectivity index (χ1v) is 4.30. The van der Waals surface area contributed by atoms with Gasteiger partial charge in [0.25, 0.3) is 0 Å². The van der Waals surface area contributed by atoms with Crippen molar-refractivity contribution in [1.29, 1.82) is 0 Å². The van der Waals surface area contributed by atoms with Gasteiger partial charge in [0, 0.05) is 12.0 Å². The highest BCUT2D eigenvalue weighted by Crippen LogP contribution is 2.01. The Morgan fingerprint density at radius 3 is 2.33 bits per heavy atom. The average Bonchev–Trinajstić information content (AvgIpc) is 1.79. The van der Waals surface area contributed by atoms with Crippen LogP contribution in [0.1, 0.15) is 40.5 Å². The molecule has 0 aliphatic carbocycles. The van der Waals surface area contributed by atoms with Gasteiger partial charge < -0.3 is 10.4 Å². The van der Waals surface area contributed by atoms with Gasteiger partial charge >= 0.3 is 0 Å². The minimum absolute atomic E-state index is 0.00315. The molecule has 1 atom stereocenters. The molecular weight excluding hydrogens is 154 g/mol. The lowest BCUT2D eigenvalue weighted by Gasteiger charge is -2.20. The second-order valence-corrected chi connectivity index (χ2v) is 4.19. The van der Waals surface area contributed by atoms with Crippen molar-refractivity contribution < 1.29 is 9.90 Å². The normalized spacial score (nSPS) is 14.1. The van der Waals surface area contributed by atoms with E-state index in [4.69, 9.17) is 5.11 Å². The Morgan fingerprint density at radius 1 is 1.50 bits per heavy atom. The summed E-state index contributed by atoms with van der Waals surface area (Å²) in [7, 11) is 0. The molecule has 0 radical (unpaired) electrons. The first-order valence-electron chi connectivity index (χ1n) is 4.30. The molecule has 3 heteroatoms. The Balaban J connectivity index is 3.61. The molecule has 0 spiro atoms. The summed E-state index contributed by atoms with van der Waals surface area (Å²) < 4.78 is 0. The van der Waals surface area contributed by atoms with Gasteiger partial charge in [0.2, 0.25) is 5.91 Å². The van der Waals surface area contributed by atoms with Crippen LogP contribution in [-0.2, 0) is 4.79 Å². The van der Waals surface area contributed by atoms with E-state index in [9.17, 15) is 4.79 Å². The molecule has 0 aromatic heterocycles. The van der Waals surface area contributed by atoms with Gasteiger partial charge in [0.1, 0.15) is 0 Å². The first kappa shape index (κ1) is 11.4. The number of carbonyl (C=O) groups is 1. The molecule has 0 aliphatic rings. The van der Waals surface area contributed by atoms with Gasteiger partial charge in [-0.15, -0.1) is 0 Å². The summed E-state index contributed by atoms with van der Waals surface area (Å²) in [6, 6.07) is 0. The van der Waals surface area contributed by atoms with E-state index in [0.717, 1.165) is 0 Å². The van der Waals surface area contributed by atoms with Gasteiger partial charge in [-0.25, -0.2) is 0 Å². The third-order valence-electron chi connectivity index (χ3n) is 1.30. The maximum atomic E-state index is 11.1. The molecule has 2 N–H and O–H groups in total. The highest BCUT2D eigenvalue weighted by atomic mass is 16.3. The largest absolute Gasteiger partial charge is 0.393 e. The number of hydrogen-bond donors (Lipinski definition) is 2. The van der Waals surface area contributed by atoms with E-state index < -0.39 is 6.10 Å². The molecule has 0 saturated heterocycles. The van der Waals surface area contributed by atoms with Crippen LogP contribution in [0.15, 0.2) is 0 Å². The molecule has 3 nitrogen and oxygen atoms in total.